The maximum absolute atomic E-state index is 12.2. The van der Waals surface area contributed by atoms with Gasteiger partial charge in [-0.2, -0.15) is 8.42 Å². The summed E-state index contributed by atoms with van der Waals surface area (Å²) in [6.07, 6.45) is 0. The van der Waals surface area contributed by atoms with E-state index in [0.717, 1.165) is 5.69 Å². The van der Waals surface area contributed by atoms with Gasteiger partial charge in [0.2, 0.25) is 5.09 Å². The van der Waals surface area contributed by atoms with Gasteiger partial charge in [-0.15, -0.1) is 0 Å². The Hall–Kier alpha value is -1.99. The Balaban J connectivity index is 2.33. The van der Waals surface area contributed by atoms with Crippen molar-refractivity contribution in [1.82, 2.24) is 0 Å². The lowest BCUT2D eigenvalue weighted by Gasteiger charge is -2.17. The van der Waals surface area contributed by atoms with E-state index in [2.05, 4.69) is 4.72 Å². The van der Waals surface area contributed by atoms with Crippen molar-refractivity contribution < 1.29 is 12.8 Å². The number of hydrogen-bond acceptors (Lipinski definition) is 5. The van der Waals surface area contributed by atoms with Gasteiger partial charge in [0.05, 0.1) is 17.9 Å². The molecule has 0 aliphatic carbocycles. The Morgan fingerprint density at radius 3 is 2.50 bits per heavy atom. The van der Waals surface area contributed by atoms with Crippen LogP contribution >= 0.6 is 0 Å². The highest BCUT2D eigenvalue weighted by atomic mass is 32.2. The average molecular weight is 295 g/mol. The minimum absolute atomic E-state index is 0.147. The van der Waals surface area contributed by atoms with Crippen molar-refractivity contribution in [1.29, 1.82) is 0 Å². The van der Waals surface area contributed by atoms with E-state index in [1.54, 1.807) is 18.2 Å². The van der Waals surface area contributed by atoms with Crippen molar-refractivity contribution >= 4 is 21.4 Å². The first-order chi connectivity index (χ1) is 9.44. The minimum atomic E-state index is -3.76. The molecule has 2 aromatic rings. The standard InChI is InChI=1S/C13H17N3O3S/c1-16(2)12-6-4-3-5-11(12)15-20(17,18)13-8-7-10(9-14)19-13/h3-8,15H,9,14H2,1-2H3. The van der Waals surface area contributed by atoms with Crippen LogP contribution in [0.4, 0.5) is 11.4 Å². The molecule has 6 nitrogen and oxygen atoms in total. The van der Waals surface area contributed by atoms with Gasteiger partial charge < -0.3 is 15.1 Å². The number of para-hydroxylation sites is 2. The number of benzene rings is 1. The summed E-state index contributed by atoms with van der Waals surface area (Å²) in [5, 5.41) is -0.147. The molecule has 0 aliphatic heterocycles. The van der Waals surface area contributed by atoms with Gasteiger partial charge in [-0.25, -0.2) is 0 Å². The predicted octanol–water partition coefficient (Wildman–Crippen LogP) is 1.61. The predicted molar refractivity (Wildman–Crippen MR) is 78.2 cm³/mol. The van der Waals surface area contributed by atoms with E-state index in [0.29, 0.717) is 11.4 Å². The number of anilines is 2. The maximum atomic E-state index is 12.2. The first-order valence-electron chi connectivity index (χ1n) is 6.02. The van der Waals surface area contributed by atoms with Gasteiger partial charge in [-0.3, -0.25) is 4.72 Å². The lowest BCUT2D eigenvalue weighted by Crippen LogP contribution is -2.16. The van der Waals surface area contributed by atoms with Crippen LogP contribution in [0, 0.1) is 0 Å². The second-order valence-electron chi connectivity index (χ2n) is 4.44. The summed E-state index contributed by atoms with van der Waals surface area (Å²) in [5.74, 6) is 0.422. The van der Waals surface area contributed by atoms with Crippen molar-refractivity contribution in [2.75, 3.05) is 23.7 Å². The van der Waals surface area contributed by atoms with E-state index < -0.39 is 10.0 Å². The number of nitrogens with zero attached hydrogens (tertiary/aromatic N) is 1. The quantitative estimate of drug-likeness (QED) is 0.874. The Morgan fingerprint density at radius 2 is 1.90 bits per heavy atom. The van der Waals surface area contributed by atoms with E-state index in [4.69, 9.17) is 10.2 Å². The topological polar surface area (TPSA) is 88.6 Å². The molecule has 0 radical (unpaired) electrons. The fraction of sp³-hybridized carbons (Fsp3) is 0.231. The van der Waals surface area contributed by atoms with Crippen molar-refractivity contribution in [3.8, 4) is 0 Å². The maximum Gasteiger partial charge on any atom is 0.295 e. The molecule has 0 unspecified atom stereocenters. The number of sulfonamides is 1. The summed E-state index contributed by atoms with van der Waals surface area (Å²) in [7, 11) is -0.0778. The normalized spacial score (nSPS) is 11.3. The second-order valence-corrected chi connectivity index (χ2v) is 6.06. The highest BCUT2D eigenvalue weighted by molar-refractivity contribution is 7.92. The molecule has 2 rings (SSSR count). The molecule has 7 heteroatoms. The van der Waals surface area contributed by atoms with Crippen LogP contribution in [0.25, 0.3) is 0 Å². The van der Waals surface area contributed by atoms with Crippen LogP contribution in [0.1, 0.15) is 5.76 Å². The van der Waals surface area contributed by atoms with Gasteiger partial charge in [-0.1, -0.05) is 12.1 Å². The lowest BCUT2D eigenvalue weighted by molar-refractivity contribution is 0.417. The van der Waals surface area contributed by atoms with E-state index in [-0.39, 0.29) is 11.6 Å². The SMILES string of the molecule is CN(C)c1ccccc1NS(=O)(=O)c1ccc(CN)o1. The summed E-state index contributed by atoms with van der Waals surface area (Å²) in [6, 6.07) is 10.1. The molecule has 0 saturated heterocycles. The number of nitrogens with two attached hydrogens (primary N) is 1. The molecule has 108 valence electrons. The molecule has 0 aliphatic rings. The first kappa shape index (κ1) is 14.4. The van der Waals surface area contributed by atoms with Gasteiger partial charge >= 0.3 is 0 Å². The van der Waals surface area contributed by atoms with Crippen LogP contribution in [-0.2, 0) is 16.6 Å². The lowest BCUT2D eigenvalue weighted by atomic mass is 10.2. The van der Waals surface area contributed by atoms with Crippen LogP contribution < -0.4 is 15.4 Å². The largest absolute Gasteiger partial charge is 0.446 e. The van der Waals surface area contributed by atoms with Crippen LogP contribution in [0.5, 0.6) is 0 Å². The Bertz CT molecular complexity index is 692. The number of hydrogen-bond donors (Lipinski definition) is 2. The van der Waals surface area contributed by atoms with Gasteiger partial charge in [0.15, 0.2) is 0 Å². The number of furan rings is 1. The molecule has 0 fully saturated rings. The fourth-order valence-corrected chi connectivity index (χ4v) is 2.78. The van der Waals surface area contributed by atoms with Crippen molar-refractivity contribution in [2.45, 2.75) is 11.6 Å². The third kappa shape index (κ3) is 2.94. The van der Waals surface area contributed by atoms with Gasteiger partial charge in [0.25, 0.3) is 10.0 Å². The van der Waals surface area contributed by atoms with Crippen molar-refractivity contribution in [2.24, 2.45) is 5.73 Å². The van der Waals surface area contributed by atoms with E-state index in [1.165, 1.54) is 6.07 Å². The van der Waals surface area contributed by atoms with Gasteiger partial charge in [0.1, 0.15) is 5.76 Å². The van der Waals surface area contributed by atoms with Crippen LogP contribution in [0.2, 0.25) is 0 Å². The average Bonchev–Trinajstić information content (AvgIpc) is 2.88. The Kier molecular flexibility index (Phi) is 4.01. The van der Waals surface area contributed by atoms with E-state index in [1.807, 2.05) is 31.1 Å². The summed E-state index contributed by atoms with van der Waals surface area (Å²) < 4.78 is 32.2. The van der Waals surface area contributed by atoms with Crippen molar-refractivity contribution in [3.63, 3.8) is 0 Å². The van der Waals surface area contributed by atoms with Gasteiger partial charge in [-0.05, 0) is 24.3 Å². The fourth-order valence-electron chi connectivity index (χ4n) is 1.76. The summed E-state index contributed by atoms with van der Waals surface area (Å²) >= 11 is 0. The molecule has 0 bridgehead atoms. The first-order valence-corrected chi connectivity index (χ1v) is 7.50. The zero-order valence-electron chi connectivity index (χ0n) is 11.3. The third-order valence-electron chi connectivity index (χ3n) is 2.73. The van der Waals surface area contributed by atoms with Crippen LogP contribution in [0.15, 0.2) is 45.9 Å². The molecule has 0 amide bonds. The van der Waals surface area contributed by atoms with Crippen LogP contribution in [-0.4, -0.2) is 22.5 Å². The number of nitrogens with one attached hydrogen (secondary N) is 1. The molecule has 1 aromatic carbocycles. The molecule has 0 saturated carbocycles. The number of rotatable bonds is 5. The molecule has 3 N–H and O–H groups in total. The highest BCUT2D eigenvalue weighted by Gasteiger charge is 2.20. The monoisotopic (exact) mass is 295 g/mol. The molecular weight excluding hydrogens is 278 g/mol. The third-order valence-corrected chi connectivity index (χ3v) is 3.97. The molecule has 0 atom stereocenters. The Labute approximate surface area is 118 Å². The highest BCUT2D eigenvalue weighted by Crippen LogP contribution is 2.26. The van der Waals surface area contributed by atoms with Gasteiger partial charge in [0, 0.05) is 14.1 Å². The van der Waals surface area contributed by atoms with E-state index >= 15 is 0 Å². The molecule has 0 spiro atoms. The summed E-state index contributed by atoms with van der Waals surface area (Å²) in [6.45, 7) is 0.157. The van der Waals surface area contributed by atoms with E-state index in [9.17, 15) is 8.42 Å². The molecule has 1 aromatic heterocycles. The summed E-state index contributed by atoms with van der Waals surface area (Å²) in [4.78, 5) is 1.82. The molecule has 20 heavy (non-hydrogen) atoms. The summed E-state index contributed by atoms with van der Waals surface area (Å²) in [5.41, 5.74) is 6.66. The van der Waals surface area contributed by atoms with Crippen LogP contribution in [0.3, 0.4) is 0 Å². The zero-order valence-corrected chi connectivity index (χ0v) is 12.1. The smallest absolute Gasteiger partial charge is 0.295 e. The minimum Gasteiger partial charge on any atom is -0.446 e. The molecule has 1 heterocycles. The Morgan fingerprint density at radius 1 is 1.20 bits per heavy atom. The second kappa shape index (κ2) is 5.56. The molecular formula is C13H17N3O3S. The van der Waals surface area contributed by atoms with Crippen molar-refractivity contribution in [3.05, 3.63) is 42.2 Å². The zero-order chi connectivity index (χ0) is 14.8.